The van der Waals surface area contributed by atoms with Crippen molar-refractivity contribution >= 4 is 6.29 Å². The van der Waals surface area contributed by atoms with Gasteiger partial charge < -0.3 is 0 Å². The lowest BCUT2D eigenvalue weighted by molar-refractivity contribution is 0.516. The quantitative estimate of drug-likeness (QED) is 0.0645. The summed E-state index contributed by atoms with van der Waals surface area (Å²) in [5.41, 5.74) is 0. The Bertz CT molecular complexity index is 409. The van der Waals surface area contributed by atoms with Gasteiger partial charge in [0.2, 0.25) is 6.29 Å². The summed E-state index contributed by atoms with van der Waals surface area (Å²) in [6.45, 7) is 2.30. The predicted octanol–water partition coefficient (Wildman–Crippen LogP) is 11.4. The first-order chi connectivity index (χ1) is 16.4. The molecule has 0 fully saturated rings. The van der Waals surface area contributed by atoms with Gasteiger partial charge in [0.05, 0.1) is 0 Å². The van der Waals surface area contributed by atoms with Crippen molar-refractivity contribution in [2.24, 2.45) is 0 Å². The van der Waals surface area contributed by atoms with Crippen LogP contribution in [0.15, 0.2) is 24.3 Å². The lowest BCUT2D eigenvalue weighted by atomic mass is 10.0. The Morgan fingerprint density at radius 3 is 1.03 bits per heavy atom. The highest BCUT2D eigenvalue weighted by Gasteiger charge is 1.96. The topological polar surface area (TPSA) is 17.1 Å². The molecule has 0 saturated heterocycles. The van der Waals surface area contributed by atoms with Crippen LogP contribution in [0.1, 0.15) is 174 Å². The summed E-state index contributed by atoms with van der Waals surface area (Å²) in [7, 11) is 0. The number of hydrogen-bond donors (Lipinski definition) is 0. The van der Waals surface area contributed by atoms with E-state index in [1.54, 1.807) is 12.4 Å². The Hall–Kier alpha value is -0.850. The van der Waals surface area contributed by atoms with Gasteiger partial charge in [-0.2, -0.15) is 0 Å². The van der Waals surface area contributed by atoms with Gasteiger partial charge in [-0.05, 0) is 18.9 Å². The largest absolute Gasteiger partial charge is 0.286 e. The van der Waals surface area contributed by atoms with E-state index >= 15 is 0 Å². The molecule has 0 amide bonds. The van der Waals surface area contributed by atoms with E-state index in [0.29, 0.717) is 0 Å². The van der Waals surface area contributed by atoms with Crippen molar-refractivity contribution in [1.82, 2.24) is 0 Å². The molecule has 193 valence electrons. The molecule has 0 aliphatic rings. The third-order valence-electron chi connectivity index (χ3n) is 6.89. The van der Waals surface area contributed by atoms with E-state index in [0.717, 1.165) is 6.42 Å². The van der Waals surface area contributed by atoms with Crippen LogP contribution < -0.4 is 0 Å². The van der Waals surface area contributed by atoms with Gasteiger partial charge in [-0.1, -0.05) is 179 Å². The molecule has 0 bridgehead atoms. The SMILES string of the molecule is CCCCCCCCCCCCCCCCCCCCCCCCCCCC=CC=C[C]=O. The van der Waals surface area contributed by atoms with Crippen LogP contribution >= 0.6 is 0 Å². The van der Waals surface area contributed by atoms with Crippen LogP contribution in [0.25, 0.3) is 0 Å². The van der Waals surface area contributed by atoms with Crippen LogP contribution in [-0.4, -0.2) is 6.29 Å². The number of rotatable bonds is 28. The normalized spacial score (nSPS) is 11.8. The number of carbonyl (C=O) groups excluding carboxylic acids is 1. The van der Waals surface area contributed by atoms with E-state index < -0.39 is 0 Å². The third kappa shape index (κ3) is 31.1. The molecule has 0 unspecified atom stereocenters. The predicted molar refractivity (Wildman–Crippen MR) is 150 cm³/mol. The summed E-state index contributed by atoms with van der Waals surface area (Å²) in [5.74, 6) is 0. The Morgan fingerprint density at radius 1 is 0.424 bits per heavy atom. The fourth-order valence-electron chi connectivity index (χ4n) is 4.67. The van der Waals surface area contributed by atoms with Gasteiger partial charge >= 0.3 is 0 Å². The van der Waals surface area contributed by atoms with Gasteiger partial charge in [0.15, 0.2) is 0 Å². The molecule has 0 N–H and O–H groups in total. The van der Waals surface area contributed by atoms with Crippen LogP contribution in [-0.2, 0) is 4.79 Å². The molecular weight excluding hydrogens is 400 g/mol. The van der Waals surface area contributed by atoms with Crippen molar-refractivity contribution in [3.8, 4) is 0 Å². The van der Waals surface area contributed by atoms with Crippen molar-refractivity contribution in [2.45, 2.75) is 174 Å². The van der Waals surface area contributed by atoms with Gasteiger partial charge in [0.1, 0.15) is 0 Å². The van der Waals surface area contributed by atoms with Crippen LogP contribution in [0, 0.1) is 0 Å². The minimum Gasteiger partial charge on any atom is -0.286 e. The molecule has 0 aromatic carbocycles. The minimum absolute atomic E-state index is 1.13. The summed E-state index contributed by atoms with van der Waals surface area (Å²) in [6.07, 6.45) is 46.2. The molecule has 33 heavy (non-hydrogen) atoms. The number of unbranched alkanes of at least 4 members (excludes halogenated alkanes) is 25. The molecule has 0 aliphatic carbocycles. The Kier molecular flexibility index (Phi) is 30.3. The summed E-state index contributed by atoms with van der Waals surface area (Å²) < 4.78 is 0. The smallest absolute Gasteiger partial charge is 0.225 e. The van der Waals surface area contributed by atoms with Gasteiger partial charge in [-0.25, -0.2) is 0 Å². The van der Waals surface area contributed by atoms with E-state index in [9.17, 15) is 4.79 Å². The second-order valence-corrected chi connectivity index (χ2v) is 10.2. The molecule has 0 spiro atoms. The Labute approximate surface area is 209 Å². The van der Waals surface area contributed by atoms with Crippen molar-refractivity contribution in [1.29, 1.82) is 0 Å². The lowest BCUT2D eigenvalue weighted by Gasteiger charge is -2.04. The molecule has 0 aromatic rings. The van der Waals surface area contributed by atoms with E-state index in [2.05, 4.69) is 13.0 Å². The average Bonchev–Trinajstić information content (AvgIpc) is 2.83. The fraction of sp³-hybridized carbons (Fsp3) is 0.844. The van der Waals surface area contributed by atoms with Crippen molar-refractivity contribution in [2.75, 3.05) is 0 Å². The molecule has 0 rings (SSSR count). The molecule has 0 saturated carbocycles. The second-order valence-electron chi connectivity index (χ2n) is 10.2. The fourth-order valence-corrected chi connectivity index (χ4v) is 4.67. The van der Waals surface area contributed by atoms with Gasteiger partial charge in [0, 0.05) is 0 Å². The molecular formula is C32H59O. The van der Waals surface area contributed by atoms with Crippen molar-refractivity contribution in [3.63, 3.8) is 0 Å². The zero-order valence-corrected chi connectivity index (χ0v) is 22.6. The second kappa shape index (κ2) is 31.1. The maximum Gasteiger partial charge on any atom is 0.225 e. The molecule has 1 radical (unpaired) electrons. The third-order valence-corrected chi connectivity index (χ3v) is 6.89. The van der Waals surface area contributed by atoms with Gasteiger partial charge in [-0.15, -0.1) is 0 Å². The average molecular weight is 460 g/mol. The summed E-state index contributed by atoms with van der Waals surface area (Å²) in [5, 5.41) is 0. The Balaban J connectivity index is 3.04. The first-order valence-electron chi connectivity index (χ1n) is 15.1. The Morgan fingerprint density at radius 2 is 0.727 bits per heavy atom. The molecule has 0 aliphatic heterocycles. The van der Waals surface area contributed by atoms with Gasteiger partial charge in [0.25, 0.3) is 0 Å². The highest BCUT2D eigenvalue weighted by molar-refractivity contribution is 5.66. The summed E-state index contributed by atoms with van der Waals surface area (Å²) in [6, 6.07) is 0. The lowest BCUT2D eigenvalue weighted by Crippen LogP contribution is -1.84. The number of hydrogen-bond acceptors (Lipinski definition) is 1. The van der Waals surface area contributed by atoms with E-state index in [1.807, 2.05) is 6.08 Å². The van der Waals surface area contributed by atoms with Crippen LogP contribution in [0.4, 0.5) is 0 Å². The standard InChI is InChI=1S/C32H59O/c1-2-3-4-5-6-7-8-9-10-11-12-13-14-15-16-17-18-19-20-21-22-23-24-25-26-27-28-29-30-31-32-33/h28-31H,2-27H2,1H3. The van der Waals surface area contributed by atoms with E-state index in [-0.39, 0.29) is 0 Å². The first-order valence-corrected chi connectivity index (χ1v) is 15.1. The highest BCUT2D eigenvalue weighted by Crippen LogP contribution is 2.16. The van der Waals surface area contributed by atoms with E-state index in [4.69, 9.17) is 0 Å². The maximum atomic E-state index is 10.0. The van der Waals surface area contributed by atoms with Crippen molar-refractivity contribution in [3.05, 3.63) is 24.3 Å². The van der Waals surface area contributed by atoms with Crippen LogP contribution in [0.2, 0.25) is 0 Å². The molecule has 1 nitrogen and oxygen atoms in total. The zero-order chi connectivity index (χ0) is 23.9. The number of allylic oxidation sites excluding steroid dienone is 4. The van der Waals surface area contributed by atoms with Crippen LogP contribution in [0.3, 0.4) is 0 Å². The first kappa shape index (κ1) is 32.1. The molecule has 0 aromatic heterocycles. The van der Waals surface area contributed by atoms with E-state index in [1.165, 1.54) is 167 Å². The summed E-state index contributed by atoms with van der Waals surface area (Å²) in [4.78, 5) is 10.0. The monoisotopic (exact) mass is 459 g/mol. The maximum absolute atomic E-state index is 10.0. The molecule has 0 heterocycles. The summed E-state index contributed by atoms with van der Waals surface area (Å²) >= 11 is 0. The van der Waals surface area contributed by atoms with Crippen molar-refractivity contribution < 1.29 is 4.79 Å². The van der Waals surface area contributed by atoms with Crippen LogP contribution in [0.5, 0.6) is 0 Å². The highest BCUT2D eigenvalue weighted by atomic mass is 16.1. The molecule has 1 heteroatoms. The minimum atomic E-state index is 1.13. The van der Waals surface area contributed by atoms with Gasteiger partial charge in [-0.3, -0.25) is 4.79 Å². The molecule has 0 atom stereocenters. The zero-order valence-electron chi connectivity index (χ0n) is 22.6.